The van der Waals surface area contributed by atoms with E-state index in [0.717, 1.165) is 29.9 Å². The smallest absolute Gasteiger partial charge is 0.254 e. The Balaban J connectivity index is 1.50. The standard InChI is InChI=1S/C24H28FN3O/c1-26(2)20-5-3-4-18(14-20)24(29)28-15-21(16-6-8-19(25)9-7-16)23-22(28)17-10-12-27(23)13-11-17/h3-9,14,17,21-23H,10-13,15H2,1-2H3/t21-,22+,23+/m1/s1. The number of hydrogen-bond acceptors (Lipinski definition) is 3. The van der Waals surface area contributed by atoms with Crippen molar-refractivity contribution in [2.24, 2.45) is 5.92 Å². The van der Waals surface area contributed by atoms with Gasteiger partial charge in [0.05, 0.1) is 6.04 Å². The molecule has 4 aliphatic heterocycles. The molecule has 0 spiro atoms. The minimum atomic E-state index is -0.206. The number of fused-ring (bicyclic) bond motifs is 2. The molecular formula is C24H28FN3O. The molecule has 0 N–H and O–H groups in total. The number of carbonyl (C=O) groups is 1. The highest BCUT2D eigenvalue weighted by atomic mass is 19.1. The molecule has 5 heteroatoms. The van der Waals surface area contributed by atoms with E-state index in [2.05, 4.69) is 9.80 Å². The number of nitrogens with zero attached hydrogens (tertiary/aromatic N) is 3. The Labute approximate surface area is 171 Å². The maximum absolute atomic E-state index is 13.6. The molecule has 152 valence electrons. The zero-order valence-electron chi connectivity index (χ0n) is 17.1. The number of amides is 1. The van der Waals surface area contributed by atoms with Crippen LogP contribution in [0.15, 0.2) is 48.5 Å². The van der Waals surface area contributed by atoms with Crippen LogP contribution in [0, 0.1) is 11.7 Å². The van der Waals surface area contributed by atoms with Crippen LogP contribution >= 0.6 is 0 Å². The predicted octanol–water partition coefficient (Wildman–Crippen LogP) is 3.59. The normalized spacial score (nSPS) is 30.3. The molecular weight excluding hydrogens is 365 g/mol. The van der Waals surface area contributed by atoms with Crippen LogP contribution in [-0.2, 0) is 0 Å². The van der Waals surface area contributed by atoms with Gasteiger partial charge in [-0.05, 0) is 67.7 Å². The van der Waals surface area contributed by atoms with Crippen LogP contribution in [-0.4, -0.2) is 61.5 Å². The summed E-state index contributed by atoms with van der Waals surface area (Å²) in [4.78, 5) is 20.3. The van der Waals surface area contributed by atoms with Crippen LogP contribution in [0.4, 0.5) is 10.1 Å². The fourth-order valence-electron chi connectivity index (χ4n) is 5.74. The Morgan fingerprint density at radius 2 is 1.76 bits per heavy atom. The Bertz CT molecular complexity index is 905. The van der Waals surface area contributed by atoms with E-state index in [4.69, 9.17) is 0 Å². The number of rotatable bonds is 3. The van der Waals surface area contributed by atoms with Crippen molar-refractivity contribution in [1.29, 1.82) is 0 Å². The van der Waals surface area contributed by atoms with E-state index in [1.165, 1.54) is 12.8 Å². The van der Waals surface area contributed by atoms with Crippen molar-refractivity contribution in [3.63, 3.8) is 0 Å². The lowest BCUT2D eigenvalue weighted by Gasteiger charge is -2.51. The van der Waals surface area contributed by atoms with Crippen molar-refractivity contribution in [2.45, 2.75) is 30.8 Å². The summed E-state index contributed by atoms with van der Waals surface area (Å²) in [5, 5.41) is 0. The van der Waals surface area contributed by atoms with E-state index in [1.807, 2.05) is 55.4 Å². The van der Waals surface area contributed by atoms with Crippen LogP contribution in [0.25, 0.3) is 0 Å². The topological polar surface area (TPSA) is 26.8 Å². The highest BCUT2D eigenvalue weighted by Gasteiger charge is 2.54. The zero-order chi connectivity index (χ0) is 20.1. The summed E-state index contributed by atoms with van der Waals surface area (Å²) < 4.78 is 13.5. The fourth-order valence-corrected chi connectivity index (χ4v) is 5.74. The third kappa shape index (κ3) is 3.12. The predicted molar refractivity (Wildman–Crippen MR) is 113 cm³/mol. The molecule has 0 aliphatic carbocycles. The van der Waals surface area contributed by atoms with Gasteiger partial charge in [0.25, 0.3) is 5.91 Å². The quantitative estimate of drug-likeness (QED) is 0.797. The fraction of sp³-hybridized carbons (Fsp3) is 0.458. The van der Waals surface area contributed by atoms with E-state index >= 15 is 0 Å². The molecule has 4 nitrogen and oxygen atoms in total. The second-order valence-electron chi connectivity index (χ2n) is 8.91. The van der Waals surface area contributed by atoms with Gasteiger partial charge >= 0.3 is 0 Å². The number of carbonyl (C=O) groups excluding carboxylic acids is 1. The average Bonchev–Trinajstić information content (AvgIpc) is 3.17. The number of benzene rings is 2. The molecule has 0 unspecified atom stereocenters. The SMILES string of the molecule is CN(C)c1cccc(C(=O)N2C[C@H](c3ccc(F)cc3)[C@H]3[C@@H]2C2CCN3CC2)c1. The summed E-state index contributed by atoms with van der Waals surface area (Å²) >= 11 is 0. The van der Waals surface area contributed by atoms with E-state index in [0.29, 0.717) is 18.5 Å². The number of piperidine rings is 3. The minimum absolute atomic E-state index is 0.127. The molecule has 4 aliphatic rings. The summed E-state index contributed by atoms with van der Waals surface area (Å²) in [6.07, 6.45) is 2.33. The third-order valence-electron chi connectivity index (χ3n) is 7.16. The maximum Gasteiger partial charge on any atom is 0.254 e. The van der Waals surface area contributed by atoms with E-state index in [9.17, 15) is 9.18 Å². The van der Waals surface area contributed by atoms with Gasteiger partial charge in [0.1, 0.15) is 5.82 Å². The summed E-state index contributed by atoms with van der Waals surface area (Å²) in [7, 11) is 3.99. The van der Waals surface area contributed by atoms with Gasteiger partial charge in [-0.3, -0.25) is 9.69 Å². The highest BCUT2D eigenvalue weighted by molar-refractivity contribution is 5.95. The van der Waals surface area contributed by atoms with Crippen LogP contribution in [0.2, 0.25) is 0 Å². The van der Waals surface area contributed by atoms with Crippen molar-refractivity contribution in [3.8, 4) is 0 Å². The van der Waals surface area contributed by atoms with Gasteiger partial charge in [0, 0.05) is 43.9 Å². The van der Waals surface area contributed by atoms with Crippen LogP contribution in [0.3, 0.4) is 0 Å². The molecule has 6 rings (SSSR count). The van der Waals surface area contributed by atoms with Crippen LogP contribution in [0.1, 0.15) is 34.7 Å². The lowest BCUT2D eigenvalue weighted by Crippen LogP contribution is -2.60. The van der Waals surface area contributed by atoms with Crippen LogP contribution in [0.5, 0.6) is 0 Å². The molecule has 0 aromatic heterocycles. The van der Waals surface area contributed by atoms with Crippen molar-refractivity contribution in [1.82, 2.24) is 9.80 Å². The van der Waals surface area contributed by atoms with Crippen molar-refractivity contribution < 1.29 is 9.18 Å². The molecule has 29 heavy (non-hydrogen) atoms. The van der Waals surface area contributed by atoms with Gasteiger partial charge in [0.15, 0.2) is 0 Å². The van der Waals surface area contributed by atoms with Gasteiger partial charge in [0.2, 0.25) is 0 Å². The Morgan fingerprint density at radius 1 is 1.03 bits per heavy atom. The molecule has 1 amide bonds. The molecule has 0 radical (unpaired) electrons. The first kappa shape index (κ1) is 18.6. The Hall–Kier alpha value is -2.40. The lowest BCUT2D eigenvalue weighted by molar-refractivity contribution is -0.00340. The molecule has 2 aromatic carbocycles. The van der Waals surface area contributed by atoms with Crippen LogP contribution < -0.4 is 4.90 Å². The Morgan fingerprint density at radius 3 is 2.45 bits per heavy atom. The molecule has 0 saturated carbocycles. The molecule has 3 atom stereocenters. The summed E-state index contributed by atoms with van der Waals surface area (Å²) in [6.45, 7) is 2.93. The second kappa shape index (κ2) is 7.13. The largest absolute Gasteiger partial charge is 0.378 e. The first-order valence-electron chi connectivity index (χ1n) is 10.6. The highest BCUT2D eigenvalue weighted by Crippen LogP contribution is 2.47. The van der Waals surface area contributed by atoms with E-state index < -0.39 is 0 Å². The van der Waals surface area contributed by atoms with Crippen molar-refractivity contribution in [2.75, 3.05) is 38.6 Å². The number of halogens is 1. The first-order valence-corrected chi connectivity index (χ1v) is 10.6. The van der Waals surface area contributed by atoms with Gasteiger partial charge in [-0.1, -0.05) is 18.2 Å². The van der Waals surface area contributed by atoms with Crippen molar-refractivity contribution >= 4 is 11.6 Å². The van der Waals surface area contributed by atoms with Crippen molar-refractivity contribution in [3.05, 3.63) is 65.5 Å². The summed E-state index contributed by atoms with van der Waals surface area (Å²) in [6, 6.07) is 15.4. The summed E-state index contributed by atoms with van der Waals surface area (Å²) in [5.41, 5.74) is 2.94. The maximum atomic E-state index is 13.6. The third-order valence-corrected chi connectivity index (χ3v) is 7.16. The molecule has 4 fully saturated rings. The Kier molecular flexibility index (Phi) is 4.58. The van der Waals surface area contributed by atoms with Gasteiger partial charge in [-0.15, -0.1) is 0 Å². The summed E-state index contributed by atoms with van der Waals surface area (Å²) in [5.74, 6) is 0.727. The first-order chi connectivity index (χ1) is 14.0. The molecule has 2 aromatic rings. The monoisotopic (exact) mass is 393 g/mol. The molecule has 4 heterocycles. The minimum Gasteiger partial charge on any atom is -0.378 e. The number of anilines is 1. The van der Waals surface area contributed by atoms with E-state index in [1.54, 1.807) is 12.1 Å². The van der Waals surface area contributed by atoms with E-state index in [-0.39, 0.29) is 23.7 Å². The average molecular weight is 394 g/mol. The van der Waals surface area contributed by atoms with Gasteiger partial charge < -0.3 is 9.80 Å². The number of hydrogen-bond donors (Lipinski definition) is 0. The zero-order valence-corrected chi connectivity index (χ0v) is 17.1. The molecule has 4 saturated heterocycles. The molecule has 2 bridgehead atoms. The van der Waals surface area contributed by atoms with Gasteiger partial charge in [-0.25, -0.2) is 4.39 Å². The van der Waals surface area contributed by atoms with Gasteiger partial charge in [-0.2, -0.15) is 0 Å². The number of likely N-dealkylation sites (tertiary alicyclic amines) is 1. The second-order valence-corrected chi connectivity index (χ2v) is 8.91. The lowest BCUT2D eigenvalue weighted by atomic mass is 9.75.